The fourth-order valence-corrected chi connectivity index (χ4v) is 1.89. The number of hydrogen-bond donors (Lipinski definition) is 1. The van der Waals surface area contributed by atoms with E-state index in [4.69, 9.17) is 0 Å². The molecule has 0 radical (unpaired) electrons. The van der Waals surface area contributed by atoms with Crippen molar-refractivity contribution in [2.75, 3.05) is 0 Å². The second-order valence-electron chi connectivity index (χ2n) is 4.50. The Labute approximate surface area is 91.7 Å². The number of carbonyl (C=O) groups is 1. The molecule has 2 heterocycles. The van der Waals surface area contributed by atoms with Crippen LogP contribution in [0.2, 0.25) is 0 Å². The fraction of sp³-hybridized carbons (Fsp3) is 0.364. The molecule has 0 saturated heterocycles. The van der Waals surface area contributed by atoms with Crippen LogP contribution in [0.3, 0.4) is 0 Å². The zero-order valence-corrected chi connectivity index (χ0v) is 8.84. The number of fused-ring (bicyclic) bond motifs is 1. The topological polar surface area (TPSA) is 67.5 Å². The van der Waals surface area contributed by atoms with Crippen LogP contribution in [-0.4, -0.2) is 25.7 Å². The molecule has 82 valence electrons. The Morgan fingerprint density at radius 3 is 2.94 bits per heavy atom. The van der Waals surface area contributed by atoms with Gasteiger partial charge in [0, 0.05) is 17.7 Å². The highest BCUT2D eigenvalue weighted by Crippen LogP contribution is 2.47. The zero-order valence-electron chi connectivity index (χ0n) is 8.84. The highest BCUT2D eigenvalue weighted by atomic mass is 16.4. The molecule has 0 bridgehead atoms. The van der Waals surface area contributed by atoms with Crippen molar-refractivity contribution in [1.82, 2.24) is 14.6 Å². The third-order valence-corrected chi connectivity index (χ3v) is 3.18. The number of carboxylic acids is 1. The molecule has 0 amide bonds. The molecule has 3 rings (SSSR count). The molecule has 0 unspecified atom stereocenters. The molecule has 0 aromatic carbocycles. The number of aromatic nitrogens is 3. The summed E-state index contributed by atoms with van der Waals surface area (Å²) in [6.45, 7) is 2.05. The molecule has 5 heteroatoms. The molecule has 0 spiro atoms. The van der Waals surface area contributed by atoms with Gasteiger partial charge in [0.1, 0.15) is 0 Å². The van der Waals surface area contributed by atoms with Crippen molar-refractivity contribution < 1.29 is 9.90 Å². The molecule has 5 nitrogen and oxygen atoms in total. The van der Waals surface area contributed by atoms with E-state index in [0.717, 1.165) is 12.8 Å². The van der Waals surface area contributed by atoms with E-state index in [0.29, 0.717) is 11.3 Å². The first-order valence-electron chi connectivity index (χ1n) is 5.18. The zero-order chi connectivity index (χ0) is 11.3. The van der Waals surface area contributed by atoms with E-state index in [1.165, 1.54) is 4.52 Å². The normalized spacial score (nSPS) is 17.6. The molecular weight excluding hydrogens is 206 g/mol. The molecule has 2 aromatic rings. The van der Waals surface area contributed by atoms with Crippen LogP contribution >= 0.6 is 0 Å². The molecule has 1 saturated carbocycles. The number of carboxylic acid groups (broad SMARTS) is 1. The predicted molar refractivity (Wildman–Crippen MR) is 56.5 cm³/mol. The SMILES string of the molecule is CC1(c2nc3ccnn3cc2C(=O)O)CC1. The van der Waals surface area contributed by atoms with Gasteiger partial charge in [-0.15, -0.1) is 0 Å². The maximum atomic E-state index is 11.2. The van der Waals surface area contributed by atoms with E-state index in [1.54, 1.807) is 18.5 Å². The quantitative estimate of drug-likeness (QED) is 0.827. The van der Waals surface area contributed by atoms with Crippen LogP contribution in [0.1, 0.15) is 35.8 Å². The first-order chi connectivity index (χ1) is 7.60. The lowest BCUT2D eigenvalue weighted by Crippen LogP contribution is -2.14. The van der Waals surface area contributed by atoms with Crippen molar-refractivity contribution in [3.8, 4) is 0 Å². The number of hydrogen-bond acceptors (Lipinski definition) is 3. The summed E-state index contributed by atoms with van der Waals surface area (Å²) >= 11 is 0. The van der Waals surface area contributed by atoms with Crippen LogP contribution in [0.4, 0.5) is 0 Å². The summed E-state index contributed by atoms with van der Waals surface area (Å²) in [7, 11) is 0. The van der Waals surface area contributed by atoms with E-state index in [9.17, 15) is 9.90 Å². The van der Waals surface area contributed by atoms with Crippen molar-refractivity contribution in [2.45, 2.75) is 25.2 Å². The van der Waals surface area contributed by atoms with Gasteiger partial charge in [-0.2, -0.15) is 5.10 Å². The van der Waals surface area contributed by atoms with Crippen LogP contribution in [0, 0.1) is 0 Å². The number of rotatable bonds is 2. The third-order valence-electron chi connectivity index (χ3n) is 3.18. The molecule has 16 heavy (non-hydrogen) atoms. The first kappa shape index (κ1) is 9.33. The van der Waals surface area contributed by atoms with Crippen molar-refractivity contribution in [1.29, 1.82) is 0 Å². The van der Waals surface area contributed by atoms with Crippen LogP contribution in [0.15, 0.2) is 18.5 Å². The highest BCUT2D eigenvalue weighted by Gasteiger charge is 2.43. The molecule has 1 aliphatic rings. The van der Waals surface area contributed by atoms with Gasteiger partial charge in [0.2, 0.25) is 0 Å². The van der Waals surface area contributed by atoms with Crippen molar-refractivity contribution >= 4 is 11.6 Å². The molecule has 1 aliphatic carbocycles. The predicted octanol–water partition coefficient (Wildman–Crippen LogP) is 1.48. The van der Waals surface area contributed by atoms with E-state index in [-0.39, 0.29) is 11.0 Å². The van der Waals surface area contributed by atoms with E-state index in [1.807, 2.05) is 0 Å². The van der Waals surface area contributed by atoms with E-state index >= 15 is 0 Å². The second kappa shape index (κ2) is 2.81. The number of aromatic carboxylic acids is 1. The average Bonchev–Trinajstić information content (AvgIpc) is 2.84. The minimum absolute atomic E-state index is 0.0558. The van der Waals surface area contributed by atoms with Gasteiger partial charge >= 0.3 is 5.97 Å². The summed E-state index contributed by atoms with van der Waals surface area (Å²) in [5.41, 5.74) is 1.59. The molecule has 1 N–H and O–H groups in total. The molecule has 0 atom stereocenters. The van der Waals surface area contributed by atoms with Gasteiger partial charge in [0.05, 0.1) is 17.5 Å². The Bertz CT molecular complexity index is 584. The average molecular weight is 217 g/mol. The summed E-state index contributed by atoms with van der Waals surface area (Å²) in [5.74, 6) is -0.937. The Kier molecular flexibility index (Phi) is 1.64. The van der Waals surface area contributed by atoms with Crippen molar-refractivity contribution in [3.05, 3.63) is 29.7 Å². The van der Waals surface area contributed by atoms with Gasteiger partial charge in [-0.1, -0.05) is 6.92 Å². The van der Waals surface area contributed by atoms with Gasteiger partial charge in [0.15, 0.2) is 5.65 Å². The van der Waals surface area contributed by atoms with Gasteiger partial charge in [0.25, 0.3) is 0 Å². The highest BCUT2D eigenvalue weighted by molar-refractivity contribution is 5.89. The van der Waals surface area contributed by atoms with Crippen LogP contribution < -0.4 is 0 Å². The first-order valence-corrected chi connectivity index (χ1v) is 5.18. The third kappa shape index (κ3) is 1.21. The minimum Gasteiger partial charge on any atom is -0.478 e. The molecule has 2 aromatic heterocycles. The largest absolute Gasteiger partial charge is 0.478 e. The Balaban J connectivity index is 2.30. The summed E-state index contributed by atoms with van der Waals surface area (Å²) in [4.78, 5) is 15.6. The van der Waals surface area contributed by atoms with E-state index in [2.05, 4.69) is 17.0 Å². The summed E-state index contributed by atoms with van der Waals surface area (Å²) in [5, 5.41) is 13.2. The smallest absolute Gasteiger partial charge is 0.339 e. The Morgan fingerprint density at radius 2 is 2.31 bits per heavy atom. The maximum absolute atomic E-state index is 11.2. The van der Waals surface area contributed by atoms with Gasteiger partial charge in [-0.05, 0) is 12.8 Å². The second-order valence-corrected chi connectivity index (χ2v) is 4.50. The summed E-state index contributed by atoms with van der Waals surface area (Å²) < 4.78 is 1.50. The van der Waals surface area contributed by atoms with Crippen LogP contribution in [0.5, 0.6) is 0 Å². The standard InChI is InChI=1S/C11H11N3O2/c1-11(3-4-11)9-7(10(15)16)6-14-8(13-9)2-5-12-14/h2,5-6H,3-4H2,1H3,(H,15,16). The lowest BCUT2D eigenvalue weighted by atomic mass is 10.0. The van der Waals surface area contributed by atoms with Crippen molar-refractivity contribution in [2.24, 2.45) is 0 Å². The van der Waals surface area contributed by atoms with Crippen LogP contribution in [0.25, 0.3) is 5.65 Å². The summed E-state index contributed by atoms with van der Waals surface area (Å²) in [6, 6.07) is 1.78. The lowest BCUT2D eigenvalue weighted by molar-refractivity contribution is 0.0693. The van der Waals surface area contributed by atoms with E-state index < -0.39 is 5.97 Å². The summed E-state index contributed by atoms with van der Waals surface area (Å²) in [6.07, 6.45) is 5.17. The monoisotopic (exact) mass is 217 g/mol. The molecule has 0 aliphatic heterocycles. The van der Waals surface area contributed by atoms with Gasteiger partial charge in [-0.3, -0.25) is 0 Å². The number of nitrogens with zero attached hydrogens (tertiary/aromatic N) is 3. The van der Waals surface area contributed by atoms with Crippen molar-refractivity contribution in [3.63, 3.8) is 0 Å². The Morgan fingerprint density at radius 1 is 1.56 bits per heavy atom. The van der Waals surface area contributed by atoms with Crippen LogP contribution in [-0.2, 0) is 5.41 Å². The minimum atomic E-state index is -0.937. The lowest BCUT2D eigenvalue weighted by Gasteiger charge is -2.11. The molecular formula is C11H11N3O2. The Hall–Kier alpha value is -1.91. The maximum Gasteiger partial charge on any atom is 0.339 e. The van der Waals surface area contributed by atoms with Gasteiger partial charge < -0.3 is 5.11 Å². The fourth-order valence-electron chi connectivity index (χ4n) is 1.89. The van der Waals surface area contributed by atoms with Gasteiger partial charge in [-0.25, -0.2) is 14.3 Å². The molecule has 1 fully saturated rings.